The van der Waals surface area contributed by atoms with Gasteiger partial charge in [0.25, 0.3) is 0 Å². The van der Waals surface area contributed by atoms with Gasteiger partial charge in [0.1, 0.15) is 5.75 Å². The lowest BCUT2D eigenvalue weighted by atomic mass is 10.0. The topological polar surface area (TPSA) is 32.7 Å². The molecule has 1 aromatic carbocycles. The molecule has 1 N–H and O–H groups in total. The number of methoxy groups -OCH3 is 1. The zero-order chi connectivity index (χ0) is 12.1. The fourth-order valence-electron chi connectivity index (χ4n) is 2.27. The van der Waals surface area contributed by atoms with Crippen molar-refractivity contribution < 1.29 is 9.84 Å². The molecular weight excluding hydrogens is 214 g/mol. The molecule has 0 bridgehead atoms. The number of benzene rings is 1. The maximum atomic E-state index is 8.92. The minimum atomic E-state index is 0.342. The minimum Gasteiger partial charge on any atom is -0.497 e. The highest BCUT2D eigenvalue weighted by Gasteiger charge is 2.24. The van der Waals surface area contributed by atoms with E-state index in [-0.39, 0.29) is 0 Å². The second-order valence-electron chi connectivity index (χ2n) is 4.76. The molecule has 1 saturated heterocycles. The van der Waals surface area contributed by atoms with Crippen LogP contribution in [0.1, 0.15) is 12.0 Å². The Bertz CT molecular complexity index is 331. The predicted molar refractivity (Wildman–Crippen MR) is 68.3 cm³/mol. The van der Waals surface area contributed by atoms with Gasteiger partial charge in [-0.2, -0.15) is 0 Å². The quantitative estimate of drug-likeness (QED) is 0.812. The van der Waals surface area contributed by atoms with Crippen molar-refractivity contribution in [3.8, 4) is 5.75 Å². The fraction of sp³-hybridized carbons (Fsp3) is 0.571. The van der Waals surface area contributed by atoms with Crippen LogP contribution in [0.25, 0.3) is 0 Å². The summed E-state index contributed by atoms with van der Waals surface area (Å²) < 4.78 is 5.13. The lowest BCUT2D eigenvalue weighted by molar-refractivity contribution is 0.0533. The van der Waals surface area contributed by atoms with Gasteiger partial charge in [0, 0.05) is 25.6 Å². The largest absolute Gasteiger partial charge is 0.497 e. The number of aliphatic hydroxyl groups excluding tert-OH is 1. The first-order chi connectivity index (χ1) is 8.31. The molecule has 1 aliphatic heterocycles. The number of ether oxygens (including phenoxy) is 1. The maximum absolute atomic E-state index is 8.92. The number of nitrogens with zero attached hydrogens (tertiary/aromatic N) is 1. The summed E-state index contributed by atoms with van der Waals surface area (Å²) in [5.74, 6) is 1.44. The van der Waals surface area contributed by atoms with Crippen LogP contribution < -0.4 is 4.74 Å². The Labute approximate surface area is 103 Å². The van der Waals surface area contributed by atoms with Crippen LogP contribution in [0.3, 0.4) is 0 Å². The van der Waals surface area contributed by atoms with Gasteiger partial charge in [-0.05, 0) is 37.1 Å². The molecule has 3 nitrogen and oxygen atoms in total. The lowest BCUT2D eigenvalue weighted by Crippen LogP contribution is -2.48. The number of likely N-dealkylation sites (tertiary alicyclic amines) is 1. The smallest absolute Gasteiger partial charge is 0.118 e. The minimum absolute atomic E-state index is 0.342. The summed E-state index contributed by atoms with van der Waals surface area (Å²) in [4.78, 5) is 2.41. The molecule has 17 heavy (non-hydrogen) atoms. The van der Waals surface area contributed by atoms with Crippen molar-refractivity contribution in [2.75, 3.05) is 33.4 Å². The molecule has 1 heterocycles. The zero-order valence-corrected chi connectivity index (χ0v) is 10.4. The van der Waals surface area contributed by atoms with Gasteiger partial charge >= 0.3 is 0 Å². The molecule has 0 unspecified atom stereocenters. The fourth-order valence-corrected chi connectivity index (χ4v) is 2.27. The van der Waals surface area contributed by atoms with Gasteiger partial charge in [-0.15, -0.1) is 0 Å². The Balaban J connectivity index is 1.64. The molecule has 0 saturated carbocycles. The molecule has 3 heteroatoms. The third-order valence-corrected chi connectivity index (χ3v) is 3.39. The van der Waals surface area contributed by atoms with Crippen molar-refractivity contribution in [2.45, 2.75) is 12.8 Å². The van der Waals surface area contributed by atoms with Crippen molar-refractivity contribution >= 4 is 0 Å². The molecule has 1 fully saturated rings. The van der Waals surface area contributed by atoms with Crippen LogP contribution in [0.15, 0.2) is 24.3 Å². The normalized spacial score (nSPS) is 16.8. The van der Waals surface area contributed by atoms with E-state index in [0.717, 1.165) is 31.8 Å². The molecule has 1 aliphatic rings. The Kier molecular flexibility index (Phi) is 4.40. The van der Waals surface area contributed by atoms with E-state index in [2.05, 4.69) is 17.0 Å². The molecular formula is C14H21NO2. The van der Waals surface area contributed by atoms with Crippen LogP contribution in [0.5, 0.6) is 5.75 Å². The van der Waals surface area contributed by atoms with Crippen molar-refractivity contribution in [3.63, 3.8) is 0 Å². The average Bonchev–Trinajstić information content (AvgIpc) is 2.33. The Morgan fingerprint density at radius 2 is 2.00 bits per heavy atom. The Morgan fingerprint density at radius 3 is 2.59 bits per heavy atom. The molecule has 0 amide bonds. The first kappa shape index (κ1) is 12.4. The summed E-state index contributed by atoms with van der Waals surface area (Å²) in [6, 6.07) is 8.29. The van der Waals surface area contributed by atoms with Gasteiger partial charge in [0.2, 0.25) is 0 Å². The lowest BCUT2D eigenvalue weighted by Gasteiger charge is -2.38. The van der Waals surface area contributed by atoms with E-state index < -0.39 is 0 Å². The third kappa shape index (κ3) is 3.45. The van der Waals surface area contributed by atoms with Gasteiger partial charge in [0.15, 0.2) is 0 Å². The van der Waals surface area contributed by atoms with Gasteiger partial charge in [-0.1, -0.05) is 12.1 Å². The van der Waals surface area contributed by atoms with E-state index in [9.17, 15) is 0 Å². The van der Waals surface area contributed by atoms with Crippen molar-refractivity contribution in [1.29, 1.82) is 0 Å². The summed E-state index contributed by atoms with van der Waals surface area (Å²) in [6.45, 7) is 3.62. The summed E-state index contributed by atoms with van der Waals surface area (Å²) in [7, 11) is 1.69. The van der Waals surface area contributed by atoms with E-state index >= 15 is 0 Å². The van der Waals surface area contributed by atoms with Crippen LogP contribution >= 0.6 is 0 Å². The summed E-state index contributed by atoms with van der Waals surface area (Å²) in [6.07, 6.45) is 2.30. The van der Waals surface area contributed by atoms with Crippen LogP contribution in [-0.4, -0.2) is 43.4 Å². The van der Waals surface area contributed by atoms with Crippen LogP contribution in [0.2, 0.25) is 0 Å². The number of hydrogen-bond acceptors (Lipinski definition) is 3. The number of rotatable bonds is 6. The van der Waals surface area contributed by atoms with Crippen molar-refractivity contribution in [3.05, 3.63) is 29.8 Å². The highest BCUT2D eigenvalue weighted by Crippen LogP contribution is 2.16. The van der Waals surface area contributed by atoms with Crippen LogP contribution in [-0.2, 0) is 6.42 Å². The molecule has 0 aromatic heterocycles. The third-order valence-electron chi connectivity index (χ3n) is 3.39. The van der Waals surface area contributed by atoms with Crippen LogP contribution in [0, 0.1) is 5.92 Å². The van der Waals surface area contributed by atoms with Crippen molar-refractivity contribution in [1.82, 2.24) is 4.90 Å². The SMILES string of the molecule is COc1ccc(CCCN2CC(CO)C2)cc1. The summed E-state index contributed by atoms with van der Waals surface area (Å²) in [5.41, 5.74) is 1.37. The molecule has 0 atom stereocenters. The van der Waals surface area contributed by atoms with Crippen LogP contribution in [0.4, 0.5) is 0 Å². The van der Waals surface area contributed by atoms with Gasteiger partial charge in [-0.25, -0.2) is 0 Å². The van der Waals surface area contributed by atoms with E-state index in [1.54, 1.807) is 7.11 Å². The molecule has 0 spiro atoms. The highest BCUT2D eigenvalue weighted by atomic mass is 16.5. The molecule has 94 valence electrons. The Morgan fingerprint density at radius 1 is 1.29 bits per heavy atom. The van der Waals surface area contributed by atoms with Gasteiger partial charge in [0.05, 0.1) is 7.11 Å². The summed E-state index contributed by atoms with van der Waals surface area (Å²) >= 11 is 0. The second kappa shape index (κ2) is 6.03. The first-order valence-electron chi connectivity index (χ1n) is 6.28. The molecule has 0 radical (unpaired) electrons. The number of hydrogen-bond donors (Lipinski definition) is 1. The second-order valence-corrected chi connectivity index (χ2v) is 4.76. The predicted octanol–water partition coefficient (Wildman–Crippen LogP) is 1.55. The highest BCUT2D eigenvalue weighted by molar-refractivity contribution is 5.27. The molecule has 1 aromatic rings. The molecule has 2 rings (SSSR count). The molecule has 0 aliphatic carbocycles. The van der Waals surface area contributed by atoms with E-state index in [4.69, 9.17) is 9.84 Å². The van der Waals surface area contributed by atoms with Crippen molar-refractivity contribution in [2.24, 2.45) is 5.92 Å². The average molecular weight is 235 g/mol. The maximum Gasteiger partial charge on any atom is 0.118 e. The first-order valence-corrected chi connectivity index (χ1v) is 6.28. The zero-order valence-electron chi connectivity index (χ0n) is 10.4. The Hall–Kier alpha value is -1.06. The van der Waals surface area contributed by atoms with E-state index in [1.165, 1.54) is 12.0 Å². The number of aliphatic hydroxyl groups is 1. The van der Waals surface area contributed by atoms with Gasteiger partial charge < -0.3 is 14.7 Å². The van der Waals surface area contributed by atoms with E-state index in [1.807, 2.05) is 12.1 Å². The standard InChI is InChI=1S/C14H21NO2/c1-17-14-6-4-12(5-7-14)3-2-8-15-9-13(10-15)11-16/h4-7,13,16H,2-3,8-11H2,1H3. The monoisotopic (exact) mass is 235 g/mol. The number of aryl methyl sites for hydroxylation is 1. The van der Waals surface area contributed by atoms with E-state index in [0.29, 0.717) is 12.5 Å². The van der Waals surface area contributed by atoms with Gasteiger partial charge in [-0.3, -0.25) is 0 Å². The summed E-state index contributed by atoms with van der Waals surface area (Å²) in [5, 5.41) is 8.92.